The number of carbonyl (C=O) groups is 4. The van der Waals surface area contributed by atoms with Crippen molar-refractivity contribution in [2.24, 2.45) is 29.6 Å². The molecule has 218 valence electrons. The van der Waals surface area contributed by atoms with Crippen LogP contribution in [0.3, 0.4) is 0 Å². The Hall–Kier alpha value is -4.14. The van der Waals surface area contributed by atoms with Gasteiger partial charge in [0.05, 0.1) is 42.2 Å². The summed E-state index contributed by atoms with van der Waals surface area (Å²) in [7, 11) is 1.48. The minimum Gasteiger partial charge on any atom is -0.508 e. The van der Waals surface area contributed by atoms with E-state index in [0.717, 1.165) is 5.57 Å². The first-order valence-electron chi connectivity index (χ1n) is 14.0. The van der Waals surface area contributed by atoms with Crippen LogP contribution in [0.5, 0.6) is 11.5 Å². The smallest absolute Gasteiger partial charge is 0.238 e. The summed E-state index contributed by atoms with van der Waals surface area (Å²) in [6.07, 6.45) is 2.43. The van der Waals surface area contributed by atoms with Gasteiger partial charge in [-0.1, -0.05) is 40.9 Å². The molecule has 0 unspecified atom stereocenters. The number of ether oxygens (including phenoxy) is 1. The number of fused-ring (bicyclic) bond motifs is 4. The maximum absolute atomic E-state index is 14.2. The first-order valence-corrected chi connectivity index (χ1v) is 14.8. The van der Waals surface area contributed by atoms with Crippen LogP contribution < -0.4 is 14.5 Å². The number of carbonyl (C=O) groups excluding carboxylic acids is 4. The van der Waals surface area contributed by atoms with Crippen LogP contribution in [0.1, 0.15) is 24.3 Å². The molecule has 3 aromatic carbocycles. The number of allylic oxidation sites excluding steroid dienone is 2. The molecular formula is C33H26Cl2N2O6. The minimum atomic E-state index is -0.844. The molecule has 0 bridgehead atoms. The quantitative estimate of drug-likeness (QED) is 0.295. The molecule has 7 rings (SSSR count). The molecule has 3 aromatic rings. The number of aromatic hydroxyl groups is 1. The maximum atomic E-state index is 14.2. The van der Waals surface area contributed by atoms with Gasteiger partial charge in [0, 0.05) is 21.5 Å². The summed E-state index contributed by atoms with van der Waals surface area (Å²) in [6.45, 7) is 0. The molecule has 4 amide bonds. The standard InChI is InChI=1S/C33H26Cl2N2O6/c1-43-25-4-2-3-24(38)29(25)27-20-13-14-21-26(32(41)36(30(21)39)18-9-5-16(34)6-10-18)22(20)15-23-28(27)33(42)37(31(23)40)19-11-7-17(35)8-12-19/h2-13,21-23,26-28,38H,14-15H2,1H3/t21-,22+,23+,26-,27-,28+/m0/s1. The minimum absolute atomic E-state index is 0.0754. The Morgan fingerprint density at radius 3 is 1.86 bits per heavy atom. The highest BCUT2D eigenvalue weighted by atomic mass is 35.5. The Kier molecular flexibility index (Phi) is 6.59. The molecule has 0 aromatic heterocycles. The van der Waals surface area contributed by atoms with Gasteiger partial charge >= 0.3 is 0 Å². The first-order chi connectivity index (χ1) is 20.7. The summed E-state index contributed by atoms with van der Waals surface area (Å²) < 4.78 is 5.65. The number of anilines is 2. The van der Waals surface area contributed by atoms with Gasteiger partial charge in [-0.25, -0.2) is 0 Å². The highest BCUT2D eigenvalue weighted by molar-refractivity contribution is 6.31. The summed E-state index contributed by atoms with van der Waals surface area (Å²) in [4.78, 5) is 58.4. The van der Waals surface area contributed by atoms with Crippen molar-refractivity contribution >= 4 is 58.2 Å². The van der Waals surface area contributed by atoms with Crippen LogP contribution in [0.15, 0.2) is 78.4 Å². The van der Waals surface area contributed by atoms with Crippen LogP contribution in [0.4, 0.5) is 11.4 Å². The van der Waals surface area contributed by atoms with Crippen molar-refractivity contribution in [1.29, 1.82) is 0 Å². The molecular weight excluding hydrogens is 591 g/mol. The van der Waals surface area contributed by atoms with E-state index in [1.165, 1.54) is 23.0 Å². The highest BCUT2D eigenvalue weighted by Gasteiger charge is 2.62. The van der Waals surface area contributed by atoms with Gasteiger partial charge in [-0.05, 0) is 79.4 Å². The molecule has 1 saturated carbocycles. The Labute approximate surface area is 257 Å². The fraction of sp³-hybridized carbons (Fsp3) is 0.273. The van der Waals surface area contributed by atoms with Gasteiger partial charge < -0.3 is 9.84 Å². The van der Waals surface area contributed by atoms with Crippen LogP contribution in [0.25, 0.3) is 0 Å². The predicted octanol–water partition coefficient (Wildman–Crippen LogP) is 5.75. The maximum Gasteiger partial charge on any atom is 0.238 e. The van der Waals surface area contributed by atoms with E-state index in [-0.39, 0.29) is 36.3 Å². The zero-order valence-electron chi connectivity index (χ0n) is 22.9. The summed E-state index contributed by atoms with van der Waals surface area (Å²) in [5.74, 6) is -5.36. The second-order valence-electron chi connectivity index (χ2n) is 11.4. The molecule has 6 atom stereocenters. The number of methoxy groups -OCH3 is 1. The van der Waals surface area contributed by atoms with E-state index in [1.54, 1.807) is 60.7 Å². The average Bonchev–Trinajstić information content (AvgIpc) is 3.41. The lowest BCUT2D eigenvalue weighted by molar-refractivity contribution is -0.126. The van der Waals surface area contributed by atoms with Gasteiger partial charge in [0.2, 0.25) is 23.6 Å². The number of phenolic OH excluding ortho intramolecular Hbond substituents is 1. The Morgan fingerprint density at radius 1 is 0.721 bits per heavy atom. The van der Waals surface area contributed by atoms with Crippen LogP contribution in [0.2, 0.25) is 10.0 Å². The van der Waals surface area contributed by atoms with Gasteiger partial charge in [0.25, 0.3) is 0 Å². The molecule has 1 N–H and O–H groups in total. The van der Waals surface area contributed by atoms with Gasteiger partial charge in [-0.2, -0.15) is 0 Å². The van der Waals surface area contributed by atoms with E-state index >= 15 is 0 Å². The van der Waals surface area contributed by atoms with Crippen molar-refractivity contribution in [3.63, 3.8) is 0 Å². The molecule has 2 heterocycles. The number of rotatable bonds is 4. The monoisotopic (exact) mass is 616 g/mol. The van der Waals surface area contributed by atoms with Gasteiger partial charge in [0.15, 0.2) is 0 Å². The average molecular weight is 617 g/mol. The Morgan fingerprint density at radius 2 is 1.28 bits per heavy atom. The lowest BCUT2D eigenvalue weighted by Crippen LogP contribution is -2.43. The largest absolute Gasteiger partial charge is 0.508 e. The molecule has 0 spiro atoms. The van der Waals surface area contributed by atoms with Gasteiger partial charge in [-0.15, -0.1) is 0 Å². The number of nitrogens with zero attached hydrogens (tertiary/aromatic N) is 2. The van der Waals surface area contributed by atoms with E-state index in [4.69, 9.17) is 27.9 Å². The fourth-order valence-corrected chi connectivity index (χ4v) is 7.87. The van der Waals surface area contributed by atoms with Crippen LogP contribution in [-0.2, 0) is 19.2 Å². The van der Waals surface area contributed by atoms with Crippen LogP contribution >= 0.6 is 23.2 Å². The Bertz CT molecular complexity index is 1720. The van der Waals surface area contributed by atoms with E-state index in [1.807, 2.05) is 6.08 Å². The molecule has 0 radical (unpaired) electrons. The van der Waals surface area contributed by atoms with Crippen LogP contribution in [-0.4, -0.2) is 35.8 Å². The number of hydrogen-bond donors (Lipinski definition) is 1. The third-order valence-electron chi connectivity index (χ3n) is 9.39. The fourth-order valence-electron chi connectivity index (χ4n) is 7.62. The van der Waals surface area contributed by atoms with Crippen molar-refractivity contribution in [3.8, 4) is 11.5 Å². The number of amides is 4. The number of benzene rings is 3. The third kappa shape index (κ3) is 4.11. The van der Waals surface area contributed by atoms with E-state index in [9.17, 15) is 24.3 Å². The second-order valence-corrected chi connectivity index (χ2v) is 12.3. The van der Waals surface area contributed by atoms with E-state index < -0.39 is 41.4 Å². The molecule has 2 aliphatic heterocycles. The number of halogens is 2. The lowest BCUT2D eigenvalue weighted by atomic mass is 9.57. The summed E-state index contributed by atoms with van der Waals surface area (Å²) in [5.41, 5.74) is 1.98. The van der Waals surface area contributed by atoms with Crippen molar-refractivity contribution in [3.05, 3.63) is 94.0 Å². The third-order valence-corrected chi connectivity index (χ3v) is 9.90. The van der Waals surface area contributed by atoms with Gasteiger partial charge in [-0.3, -0.25) is 29.0 Å². The van der Waals surface area contributed by atoms with Crippen molar-refractivity contribution in [2.75, 3.05) is 16.9 Å². The van der Waals surface area contributed by atoms with E-state index in [2.05, 4.69) is 0 Å². The first kappa shape index (κ1) is 27.7. The van der Waals surface area contributed by atoms with Crippen molar-refractivity contribution in [1.82, 2.24) is 0 Å². The van der Waals surface area contributed by atoms with E-state index in [0.29, 0.717) is 32.7 Å². The van der Waals surface area contributed by atoms with Crippen molar-refractivity contribution < 1.29 is 29.0 Å². The van der Waals surface area contributed by atoms with Gasteiger partial charge in [0.1, 0.15) is 11.5 Å². The zero-order chi connectivity index (χ0) is 30.2. The number of imide groups is 2. The number of phenols is 1. The lowest BCUT2D eigenvalue weighted by Gasteiger charge is -2.44. The molecule has 8 nitrogen and oxygen atoms in total. The molecule has 2 saturated heterocycles. The predicted molar refractivity (Wildman–Crippen MR) is 160 cm³/mol. The molecule has 43 heavy (non-hydrogen) atoms. The summed E-state index contributed by atoms with van der Waals surface area (Å²) in [5, 5.41) is 12.1. The number of hydrogen-bond acceptors (Lipinski definition) is 6. The summed E-state index contributed by atoms with van der Waals surface area (Å²) in [6, 6.07) is 17.9. The van der Waals surface area contributed by atoms with Crippen molar-refractivity contribution in [2.45, 2.75) is 18.8 Å². The Balaban J connectivity index is 1.36. The second kappa shape index (κ2) is 10.2. The molecule has 2 aliphatic carbocycles. The topological polar surface area (TPSA) is 104 Å². The summed E-state index contributed by atoms with van der Waals surface area (Å²) >= 11 is 12.1. The molecule has 10 heteroatoms. The highest BCUT2D eigenvalue weighted by Crippen LogP contribution is 2.60. The molecule has 3 fully saturated rings. The zero-order valence-corrected chi connectivity index (χ0v) is 24.5. The molecule has 4 aliphatic rings. The van der Waals surface area contributed by atoms with Crippen LogP contribution in [0, 0.1) is 29.6 Å². The SMILES string of the molecule is COc1cccc(O)c1[C@H]1C2=CC[C@@H]3C(=O)N(c4ccc(Cl)cc4)C(=O)[C@@H]3[C@@H]2C[C@H]2C(=O)N(c3ccc(Cl)cc3)C(=O)[C@@H]12. The normalized spacial score (nSPS) is 28.0.